The Labute approximate surface area is 394 Å². The lowest BCUT2D eigenvalue weighted by Crippen LogP contribution is -2.37. The maximum atomic E-state index is 14.1. The third-order valence-corrected chi connectivity index (χ3v) is 17.0. The number of allylic oxidation sites excluding steroid dienone is 2. The van der Waals surface area contributed by atoms with Gasteiger partial charge in [-0.2, -0.15) is 0 Å². The lowest BCUT2D eigenvalue weighted by atomic mass is 9.80. The van der Waals surface area contributed by atoms with Crippen LogP contribution >= 0.6 is 11.6 Å². The number of aliphatic carboxylic acids is 1. The van der Waals surface area contributed by atoms with Gasteiger partial charge in [0.05, 0.1) is 44.3 Å². The van der Waals surface area contributed by atoms with E-state index in [1.807, 2.05) is 0 Å². The summed E-state index contributed by atoms with van der Waals surface area (Å²) in [6.45, 7) is 2.54. The van der Waals surface area contributed by atoms with Gasteiger partial charge in [0.2, 0.25) is 0 Å². The number of ether oxygens (including phenoxy) is 1. The third kappa shape index (κ3) is 7.57. The van der Waals surface area contributed by atoms with E-state index < -0.39 is 50.2 Å². The number of anilines is 1. The number of carbonyl (C=O) groups is 3. The number of amides is 2. The predicted molar refractivity (Wildman–Crippen MR) is 246 cm³/mol. The van der Waals surface area contributed by atoms with Gasteiger partial charge >= 0.3 is 5.97 Å². The van der Waals surface area contributed by atoms with Crippen LogP contribution in [0.4, 0.5) is 5.69 Å². The molecule has 1 atom stereocenters. The minimum Gasteiger partial charge on any atom is -0.481 e. The fourth-order valence-corrected chi connectivity index (χ4v) is 13.0. The summed E-state index contributed by atoms with van der Waals surface area (Å²) in [6.07, 6.45) is 16.5. The Hall–Kier alpha value is -4.56. The highest BCUT2D eigenvalue weighted by Gasteiger charge is 2.58. The molecule has 10 rings (SSSR count). The second-order valence-electron chi connectivity index (χ2n) is 20.2. The largest absolute Gasteiger partial charge is 0.481 e. The molecule has 4 bridgehead atoms. The maximum Gasteiger partial charge on any atom is 0.309 e. The van der Waals surface area contributed by atoms with Gasteiger partial charge in [0.1, 0.15) is 0 Å². The molecule has 14 heteroatoms. The van der Waals surface area contributed by atoms with E-state index in [1.165, 1.54) is 0 Å². The molecule has 0 saturated heterocycles. The minimum atomic E-state index is -2.70. The molecule has 4 fully saturated rings. The van der Waals surface area contributed by atoms with Crippen molar-refractivity contribution in [3.63, 3.8) is 0 Å². The van der Waals surface area contributed by atoms with Crippen molar-refractivity contribution in [3.8, 4) is 0 Å². The van der Waals surface area contributed by atoms with Crippen molar-refractivity contribution in [2.45, 2.75) is 109 Å². The number of hydrogen-bond donors (Lipinski definition) is 3. The van der Waals surface area contributed by atoms with Crippen LogP contribution in [0, 0.1) is 21.7 Å². The van der Waals surface area contributed by atoms with E-state index >= 15 is 0 Å². The first-order chi connectivity index (χ1) is 34.3. The molecule has 2 amide bonds. The van der Waals surface area contributed by atoms with E-state index in [9.17, 15) is 19.5 Å². The van der Waals surface area contributed by atoms with Crippen LogP contribution in [0.5, 0.6) is 0 Å². The van der Waals surface area contributed by atoms with Crippen molar-refractivity contribution in [2.75, 3.05) is 45.1 Å². The number of carbonyl (C=O) groups excluding carboxylic acids is 2. The van der Waals surface area contributed by atoms with Crippen LogP contribution in [0.1, 0.15) is 139 Å². The summed E-state index contributed by atoms with van der Waals surface area (Å²) >= 11 is 7.05. The van der Waals surface area contributed by atoms with Gasteiger partial charge in [-0.05, 0) is 124 Å². The van der Waals surface area contributed by atoms with Gasteiger partial charge in [0, 0.05) is 85.2 Å². The Morgan fingerprint density at radius 2 is 1.48 bits per heavy atom. The summed E-state index contributed by atoms with van der Waals surface area (Å²) in [7, 11) is -2.41. The molecule has 340 valence electrons. The molecule has 3 aromatic rings. The van der Waals surface area contributed by atoms with Crippen molar-refractivity contribution in [3.05, 3.63) is 93.6 Å². The monoisotopic (exact) mass is 900 g/mol. The molecule has 5 aliphatic carbocycles. The Morgan fingerprint density at radius 1 is 0.875 bits per heavy atom. The number of benzene rings is 1. The summed E-state index contributed by atoms with van der Waals surface area (Å²) in [6, 6.07) is 4.21. The van der Waals surface area contributed by atoms with Crippen LogP contribution in [-0.4, -0.2) is 97.7 Å². The van der Waals surface area contributed by atoms with Crippen LogP contribution < -0.4 is 10.6 Å². The highest BCUT2D eigenvalue weighted by molar-refractivity contribution is 6.36. The molecule has 64 heavy (non-hydrogen) atoms. The smallest absolute Gasteiger partial charge is 0.309 e. The first-order valence-electron chi connectivity index (χ1n) is 27.3. The standard InChI is InChI=1S/C50H63ClN8O5/c1-32-33(7-5-9-35(32)54-44(60)42-52-37-28-59(24-12-39(37)56(42)2)26-22-48-17-19-50(30-48,20-18-48)46(62)63)34-8-6-10-36(41(34)51)55-45(61)43-53-38-27-58(23-11-40(38)57(43)3)25-21-47-13-15-49(29-47,16-14-47)31-64-4/h5-10,35H,1,11-31H2,2-4H3,(H,54,60)(H,55,61)(H,62,63)/i2D3,3D3,4D3. The summed E-state index contributed by atoms with van der Waals surface area (Å²) in [5.74, 6) is -2.65. The average molecular weight is 901 g/mol. The number of nitrogens with zero attached hydrogens (tertiary/aromatic N) is 6. The zero-order valence-electron chi connectivity index (χ0n) is 45.2. The Morgan fingerprint density at radius 3 is 2.09 bits per heavy atom. The molecule has 0 spiro atoms. The van der Waals surface area contributed by atoms with E-state index in [0.717, 1.165) is 80.0 Å². The van der Waals surface area contributed by atoms with Gasteiger partial charge in [0.15, 0.2) is 11.6 Å². The van der Waals surface area contributed by atoms with Gasteiger partial charge in [-0.25, -0.2) is 9.97 Å². The average Bonchev–Trinajstić information content (AvgIpc) is 4.19. The number of fused-ring (bicyclic) bond motifs is 6. The van der Waals surface area contributed by atoms with E-state index in [-0.39, 0.29) is 45.2 Å². The van der Waals surface area contributed by atoms with Crippen LogP contribution in [0.15, 0.2) is 48.6 Å². The second kappa shape index (κ2) is 16.4. The normalized spacial score (nSPS) is 32.2. The second-order valence-corrected chi connectivity index (χ2v) is 20.5. The fraction of sp³-hybridized carbons (Fsp3) is 0.580. The van der Waals surface area contributed by atoms with Crippen LogP contribution in [0.25, 0.3) is 5.57 Å². The summed E-state index contributed by atoms with van der Waals surface area (Å²) in [4.78, 5) is 54.1. The number of imidazole rings is 2. The van der Waals surface area contributed by atoms with E-state index in [0.29, 0.717) is 97.8 Å². The summed E-state index contributed by atoms with van der Waals surface area (Å²) in [5.41, 5.74) is 3.07. The number of nitrogens with one attached hydrogen (secondary N) is 2. The van der Waals surface area contributed by atoms with E-state index in [2.05, 4.69) is 37.0 Å². The fourth-order valence-electron chi connectivity index (χ4n) is 12.7. The zero-order chi connectivity index (χ0) is 52.1. The van der Waals surface area contributed by atoms with Crippen molar-refractivity contribution < 1.29 is 36.6 Å². The molecule has 0 radical (unpaired) electrons. The quantitative estimate of drug-likeness (QED) is 0.150. The van der Waals surface area contributed by atoms with Crippen molar-refractivity contribution in [2.24, 2.45) is 35.6 Å². The molecule has 2 aromatic heterocycles. The molecule has 4 saturated carbocycles. The van der Waals surface area contributed by atoms with Crippen molar-refractivity contribution in [1.29, 1.82) is 0 Å². The maximum absolute atomic E-state index is 14.1. The lowest BCUT2D eigenvalue weighted by molar-refractivity contribution is -0.148. The molecule has 1 unspecified atom stereocenters. The topological polar surface area (TPSA) is 147 Å². The molecule has 7 aliphatic rings. The number of halogens is 1. The van der Waals surface area contributed by atoms with Gasteiger partial charge in [-0.3, -0.25) is 24.2 Å². The van der Waals surface area contributed by atoms with Gasteiger partial charge in [0.25, 0.3) is 11.8 Å². The highest BCUT2D eigenvalue weighted by atomic mass is 35.5. The first-order valence-corrected chi connectivity index (χ1v) is 23.2. The molecule has 4 heterocycles. The van der Waals surface area contributed by atoms with Crippen LogP contribution in [-0.2, 0) is 49.4 Å². The summed E-state index contributed by atoms with van der Waals surface area (Å²) < 4.78 is 80.4. The highest BCUT2D eigenvalue weighted by Crippen LogP contribution is 2.64. The third-order valence-electron chi connectivity index (χ3n) is 16.6. The lowest BCUT2D eigenvalue weighted by Gasteiger charge is -2.32. The molecule has 2 aliphatic heterocycles. The number of hydrogen-bond acceptors (Lipinski definition) is 8. The number of carboxylic acid groups (broad SMARTS) is 1. The van der Waals surface area contributed by atoms with Crippen molar-refractivity contribution >= 4 is 40.6 Å². The molecule has 3 N–H and O–H groups in total. The zero-order valence-corrected chi connectivity index (χ0v) is 37.0. The van der Waals surface area contributed by atoms with Gasteiger partial charge < -0.3 is 29.6 Å². The number of methoxy groups -OCH3 is 1. The predicted octanol–water partition coefficient (Wildman–Crippen LogP) is 7.50. The number of aromatic nitrogens is 4. The van der Waals surface area contributed by atoms with Crippen LogP contribution in [0.2, 0.25) is 5.02 Å². The Kier molecular flexibility index (Phi) is 8.67. The molecule has 1 aromatic carbocycles. The SMILES string of the molecule is [2H]C([2H])([2H])OCC12CCC(CCN3CCc4c(nc(C(=O)Nc5cccc(C6=CC=CC(NC(=O)c7nc8c(n7C([2H])([2H])[2H])CCN(CCC79CCC(C(=O)O)(CC7)C9)C8)C6=C)c5Cl)n4C([2H])([2H])[2H])C3)(CC1)C2. The number of carboxylic acids is 1. The molecular formula is C50H63ClN8O5. The minimum absolute atomic E-state index is 0.00634. The first kappa shape index (κ1) is 33.9. The van der Waals surface area contributed by atoms with E-state index in [1.54, 1.807) is 36.4 Å². The Balaban J connectivity index is 0.792. The van der Waals surface area contributed by atoms with Crippen LogP contribution in [0.3, 0.4) is 0 Å². The Bertz CT molecular complexity index is 2800. The molecular weight excluding hydrogens is 828 g/mol. The van der Waals surface area contributed by atoms with Crippen molar-refractivity contribution in [1.82, 2.24) is 34.2 Å². The van der Waals surface area contributed by atoms with Gasteiger partial charge in [-0.15, -0.1) is 0 Å². The number of rotatable bonds is 14. The van der Waals surface area contributed by atoms with Gasteiger partial charge in [-0.1, -0.05) is 48.5 Å². The molecule has 13 nitrogen and oxygen atoms in total. The summed E-state index contributed by atoms with van der Waals surface area (Å²) in [5, 5.41) is 15.8. The van der Waals surface area contributed by atoms with E-state index in [4.69, 9.17) is 28.7 Å².